The van der Waals surface area contributed by atoms with Gasteiger partial charge in [0, 0.05) is 17.1 Å². The number of amides is 1. The van der Waals surface area contributed by atoms with Crippen LogP contribution in [0.5, 0.6) is 0 Å². The van der Waals surface area contributed by atoms with E-state index in [4.69, 9.17) is 5.73 Å². The summed E-state index contributed by atoms with van der Waals surface area (Å²) in [5.41, 5.74) is 11.4. The summed E-state index contributed by atoms with van der Waals surface area (Å²) >= 11 is 1.84. The molecule has 3 heteroatoms. The van der Waals surface area contributed by atoms with E-state index < -0.39 is 0 Å². The van der Waals surface area contributed by atoms with E-state index in [-0.39, 0.29) is 12.3 Å². The van der Waals surface area contributed by atoms with Crippen molar-refractivity contribution in [2.75, 3.05) is 0 Å². The second kappa shape index (κ2) is 5.78. The fraction of sp³-hybridized carbons (Fsp3) is 0.167. The van der Waals surface area contributed by atoms with Gasteiger partial charge in [0.25, 0.3) is 0 Å². The molecule has 0 aliphatic carbocycles. The third-order valence-corrected chi connectivity index (χ3v) is 4.75. The Morgan fingerprint density at radius 3 is 2.86 bits per heavy atom. The molecule has 0 spiro atoms. The number of hydrogen-bond acceptors (Lipinski definition) is 2. The second-order valence-electron chi connectivity index (χ2n) is 5.23. The van der Waals surface area contributed by atoms with Crippen LogP contribution in [0, 0.1) is 6.92 Å². The minimum Gasteiger partial charge on any atom is -0.369 e. The predicted molar refractivity (Wildman–Crippen MR) is 88.1 cm³/mol. The first-order valence-electron chi connectivity index (χ1n) is 6.96. The summed E-state index contributed by atoms with van der Waals surface area (Å²) in [6.07, 6.45) is 2.23. The van der Waals surface area contributed by atoms with Crippen molar-refractivity contribution in [3.8, 4) is 0 Å². The van der Waals surface area contributed by atoms with E-state index in [1.54, 1.807) is 0 Å². The molecule has 1 heterocycles. The predicted octanol–water partition coefficient (Wildman–Crippen LogP) is 3.91. The number of thioether (sulfide) groups is 1. The van der Waals surface area contributed by atoms with Crippen molar-refractivity contribution in [1.29, 1.82) is 0 Å². The Labute approximate surface area is 129 Å². The van der Waals surface area contributed by atoms with Crippen LogP contribution in [0.25, 0.3) is 5.57 Å². The molecule has 2 nitrogen and oxygen atoms in total. The number of primary amides is 1. The number of carbonyl (C=O) groups is 1. The largest absolute Gasteiger partial charge is 0.369 e. The van der Waals surface area contributed by atoms with Gasteiger partial charge in [-0.2, -0.15) is 0 Å². The SMILES string of the molecule is Cc1ccc2c(c1)/C(=C/CC(N)=O)c1ccccc1CS2. The smallest absolute Gasteiger partial charge is 0.221 e. The third-order valence-electron chi connectivity index (χ3n) is 3.62. The Kier molecular flexibility index (Phi) is 3.84. The van der Waals surface area contributed by atoms with Crippen LogP contribution in [0.1, 0.15) is 28.7 Å². The molecule has 1 aliphatic heterocycles. The maximum atomic E-state index is 11.2. The number of benzene rings is 2. The van der Waals surface area contributed by atoms with Crippen molar-refractivity contribution >= 4 is 23.2 Å². The van der Waals surface area contributed by atoms with E-state index in [2.05, 4.69) is 43.3 Å². The fourth-order valence-electron chi connectivity index (χ4n) is 2.61. The Balaban J connectivity index is 2.21. The van der Waals surface area contributed by atoms with Crippen molar-refractivity contribution in [1.82, 2.24) is 0 Å². The van der Waals surface area contributed by atoms with E-state index in [9.17, 15) is 4.79 Å². The van der Waals surface area contributed by atoms with Gasteiger partial charge in [0.1, 0.15) is 0 Å². The molecular formula is C18H17NOS. The number of rotatable bonds is 2. The summed E-state index contributed by atoms with van der Waals surface area (Å²) in [4.78, 5) is 12.4. The molecule has 2 aromatic carbocycles. The lowest BCUT2D eigenvalue weighted by Gasteiger charge is -2.12. The normalized spacial score (nSPS) is 15.2. The van der Waals surface area contributed by atoms with Gasteiger partial charge in [0.05, 0.1) is 0 Å². The van der Waals surface area contributed by atoms with Gasteiger partial charge in [-0.25, -0.2) is 0 Å². The van der Waals surface area contributed by atoms with Crippen LogP contribution < -0.4 is 5.73 Å². The Bertz CT molecular complexity index is 734. The molecule has 0 saturated carbocycles. The number of aryl methyl sites for hydroxylation is 1. The van der Waals surface area contributed by atoms with Crippen molar-refractivity contribution in [3.63, 3.8) is 0 Å². The number of fused-ring (bicyclic) bond motifs is 2. The Morgan fingerprint density at radius 2 is 2.05 bits per heavy atom. The van der Waals surface area contributed by atoms with Crippen LogP contribution in [-0.4, -0.2) is 5.91 Å². The second-order valence-corrected chi connectivity index (χ2v) is 6.25. The van der Waals surface area contributed by atoms with Gasteiger partial charge in [0.15, 0.2) is 0 Å². The summed E-state index contributed by atoms with van der Waals surface area (Å²) < 4.78 is 0. The molecule has 106 valence electrons. The fourth-order valence-corrected chi connectivity index (χ4v) is 3.66. The molecule has 0 saturated heterocycles. The van der Waals surface area contributed by atoms with Gasteiger partial charge in [-0.3, -0.25) is 4.79 Å². The number of hydrogen-bond donors (Lipinski definition) is 1. The first kappa shape index (κ1) is 14.0. The van der Waals surface area contributed by atoms with Crippen LogP contribution in [0.3, 0.4) is 0 Å². The topological polar surface area (TPSA) is 43.1 Å². The molecule has 0 radical (unpaired) electrons. The van der Waals surface area contributed by atoms with Gasteiger partial charge in [0.2, 0.25) is 5.91 Å². The van der Waals surface area contributed by atoms with Crippen LogP contribution in [0.2, 0.25) is 0 Å². The molecule has 0 unspecified atom stereocenters. The highest BCUT2D eigenvalue weighted by Crippen LogP contribution is 2.40. The molecular weight excluding hydrogens is 278 g/mol. The highest BCUT2D eigenvalue weighted by atomic mass is 32.2. The summed E-state index contributed by atoms with van der Waals surface area (Å²) in [6, 6.07) is 14.9. The van der Waals surface area contributed by atoms with Crippen molar-refractivity contribution in [3.05, 3.63) is 70.8 Å². The zero-order valence-corrected chi connectivity index (χ0v) is 12.7. The lowest BCUT2D eigenvalue weighted by atomic mass is 9.93. The lowest BCUT2D eigenvalue weighted by molar-refractivity contribution is -0.117. The summed E-state index contributed by atoms with van der Waals surface area (Å²) in [5.74, 6) is 0.645. The summed E-state index contributed by atoms with van der Waals surface area (Å²) in [6.45, 7) is 2.09. The molecule has 2 N–H and O–H groups in total. The van der Waals surface area contributed by atoms with E-state index >= 15 is 0 Å². The molecule has 0 aromatic heterocycles. The Morgan fingerprint density at radius 1 is 1.24 bits per heavy atom. The standard InChI is InChI=1S/C18H17NOS/c1-12-6-8-17-16(10-12)15(7-9-18(19)20)14-5-3-2-4-13(14)11-21-17/h2-8,10H,9,11H2,1H3,(H2,19,20)/b15-7+. The highest BCUT2D eigenvalue weighted by molar-refractivity contribution is 7.98. The third kappa shape index (κ3) is 2.88. The van der Waals surface area contributed by atoms with E-state index in [1.165, 1.54) is 27.1 Å². The van der Waals surface area contributed by atoms with E-state index in [1.807, 2.05) is 23.9 Å². The van der Waals surface area contributed by atoms with Crippen LogP contribution in [0.4, 0.5) is 0 Å². The molecule has 3 rings (SSSR count). The van der Waals surface area contributed by atoms with Gasteiger partial charge in [-0.05, 0) is 35.3 Å². The average molecular weight is 295 g/mol. The van der Waals surface area contributed by atoms with Gasteiger partial charge >= 0.3 is 0 Å². The van der Waals surface area contributed by atoms with Crippen molar-refractivity contribution in [2.24, 2.45) is 5.73 Å². The molecule has 0 atom stereocenters. The van der Waals surface area contributed by atoms with Crippen LogP contribution in [0.15, 0.2) is 53.4 Å². The summed E-state index contributed by atoms with van der Waals surface area (Å²) in [5, 5.41) is 0. The van der Waals surface area contributed by atoms with E-state index in [0.717, 1.165) is 11.3 Å². The monoisotopic (exact) mass is 295 g/mol. The van der Waals surface area contributed by atoms with Crippen molar-refractivity contribution < 1.29 is 4.79 Å². The summed E-state index contributed by atoms with van der Waals surface area (Å²) in [7, 11) is 0. The van der Waals surface area contributed by atoms with Crippen LogP contribution in [-0.2, 0) is 10.5 Å². The van der Waals surface area contributed by atoms with E-state index in [0.29, 0.717) is 0 Å². The zero-order valence-electron chi connectivity index (χ0n) is 11.9. The molecule has 0 fully saturated rings. The molecule has 0 bridgehead atoms. The lowest BCUT2D eigenvalue weighted by Crippen LogP contribution is -2.08. The first-order chi connectivity index (χ1) is 10.1. The van der Waals surface area contributed by atoms with Crippen LogP contribution >= 0.6 is 11.8 Å². The van der Waals surface area contributed by atoms with Crippen molar-refractivity contribution in [2.45, 2.75) is 24.0 Å². The molecule has 2 aromatic rings. The minimum absolute atomic E-state index is 0.266. The molecule has 21 heavy (non-hydrogen) atoms. The number of carbonyl (C=O) groups excluding carboxylic acids is 1. The zero-order chi connectivity index (χ0) is 14.8. The molecule has 1 amide bonds. The maximum absolute atomic E-state index is 11.2. The minimum atomic E-state index is -0.300. The Hall–Kier alpha value is -2.00. The average Bonchev–Trinajstić information content (AvgIpc) is 2.62. The van der Waals surface area contributed by atoms with Gasteiger partial charge < -0.3 is 5.73 Å². The van der Waals surface area contributed by atoms with Gasteiger partial charge in [-0.15, -0.1) is 11.8 Å². The number of nitrogens with two attached hydrogens (primary N) is 1. The maximum Gasteiger partial charge on any atom is 0.221 e. The van der Waals surface area contributed by atoms with Gasteiger partial charge in [-0.1, -0.05) is 48.0 Å². The molecule has 1 aliphatic rings. The first-order valence-corrected chi connectivity index (χ1v) is 7.94. The highest BCUT2D eigenvalue weighted by Gasteiger charge is 2.18. The quantitative estimate of drug-likeness (QED) is 0.913.